The normalized spacial score (nSPS) is 14.4. The molecule has 0 aromatic rings. The predicted octanol–water partition coefficient (Wildman–Crippen LogP) is 2.99. The summed E-state index contributed by atoms with van der Waals surface area (Å²) in [5, 5.41) is 9.85. The van der Waals surface area contributed by atoms with Crippen LogP contribution in [0.25, 0.3) is 0 Å². The van der Waals surface area contributed by atoms with E-state index in [4.69, 9.17) is 0 Å². The first-order valence-corrected chi connectivity index (χ1v) is 6.94. The van der Waals surface area contributed by atoms with Crippen LogP contribution >= 0.6 is 0 Å². The average Bonchev–Trinajstić information content (AvgIpc) is 2.29. The zero-order valence-electron chi connectivity index (χ0n) is 12.8. The molecule has 0 aromatic carbocycles. The number of aliphatic hydroxyl groups excluding tert-OH is 1. The lowest BCUT2D eigenvalue weighted by atomic mass is 9.96. The minimum absolute atomic E-state index is 0.177. The molecule has 0 aromatic heterocycles. The minimum Gasteiger partial charge on any atom is -0.393 e. The predicted molar refractivity (Wildman–Crippen MR) is 76.4 cm³/mol. The van der Waals surface area contributed by atoms with Gasteiger partial charge in [-0.25, -0.2) is 0 Å². The van der Waals surface area contributed by atoms with E-state index in [0.717, 1.165) is 24.2 Å². The van der Waals surface area contributed by atoms with Crippen molar-refractivity contribution in [3.63, 3.8) is 0 Å². The molecule has 0 spiro atoms. The molecule has 3 nitrogen and oxygen atoms in total. The number of rotatable bonds is 7. The second kappa shape index (κ2) is 8.30. The van der Waals surface area contributed by atoms with Crippen LogP contribution in [-0.2, 0) is 4.79 Å². The van der Waals surface area contributed by atoms with Gasteiger partial charge in [0.1, 0.15) is 0 Å². The second-order valence-corrected chi connectivity index (χ2v) is 5.32. The van der Waals surface area contributed by atoms with Gasteiger partial charge in [-0.1, -0.05) is 25.0 Å². The zero-order valence-corrected chi connectivity index (χ0v) is 12.8. The third-order valence-corrected chi connectivity index (χ3v) is 3.55. The van der Waals surface area contributed by atoms with Crippen LogP contribution in [0.15, 0.2) is 11.1 Å². The van der Waals surface area contributed by atoms with E-state index >= 15 is 0 Å². The minimum atomic E-state index is -0.316. The first-order valence-electron chi connectivity index (χ1n) is 6.94. The number of aliphatic hydroxyl groups is 1. The molecule has 1 unspecified atom stereocenters. The quantitative estimate of drug-likeness (QED) is 0.710. The smallest absolute Gasteiger partial charge is 0.226 e. The van der Waals surface area contributed by atoms with E-state index in [0.29, 0.717) is 12.8 Å². The van der Waals surface area contributed by atoms with Gasteiger partial charge in [0.05, 0.1) is 6.10 Å². The molecule has 106 valence electrons. The van der Waals surface area contributed by atoms with Gasteiger partial charge < -0.3 is 10.0 Å². The Hall–Kier alpha value is -0.830. The molecule has 0 aliphatic heterocycles. The van der Waals surface area contributed by atoms with Crippen molar-refractivity contribution >= 4 is 5.91 Å². The lowest BCUT2D eigenvalue weighted by Crippen LogP contribution is -2.30. The first kappa shape index (κ1) is 17.2. The highest BCUT2D eigenvalue weighted by Crippen LogP contribution is 2.18. The third kappa shape index (κ3) is 5.67. The Balaban J connectivity index is 4.53. The van der Waals surface area contributed by atoms with Crippen molar-refractivity contribution in [2.75, 3.05) is 13.1 Å². The molecule has 18 heavy (non-hydrogen) atoms. The van der Waals surface area contributed by atoms with E-state index in [1.165, 1.54) is 0 Å². The Kier molecular flexibility index (Phi) is 7.92. The molecule has 0 aliphatic carbocycles. The van der Waals surface area contributed by atoms with Crippen molar-refractivity contribution in [3.8, 4) is 0 Å². The Morgan fingerprint density at radius 1 is 1.11 bits per heavy atom. The van der Waals surface area contributed by atoms with Gasteiger partial charge in [0.15, 0.2) is 0 Å². The fourth-order valence-electron chi connectivity index (χ4n) is 1.79. The van der Waals surface area contributed by atoms with Crippen molar-refractivity contribution in [1.82, 2.24) is 4.90 Å². The van der Waals surface area contributed by atoms with Crippen LogP contribution in [0.4, 0.5) is 0 Å². The lowest BCUT2D eigenvalue weighted by molar-refractivity contribution is -0.130. The maximum absolute atomic E-state index is 12.0. The summed E-state index contributed by atoms with van der Waals surface area (Å²) in [4.78, 5) is 13.8. The molecule has 0 fully saturated rings. The lowest BCUT2D eigenvalue weighted by Gasteiger charge is -2.20. The SMILES string of the molecule is CCN(CC)C(=O)C/C(C)=C(\C)CC(O)C(C)C. The van der Waals surface area contributed by atoms with Crippen molar-refractivity contribution in [2.24, 2.45) is 5.92 Å². The number of amides is 1. The Labute approximate surface area is 112 Å². The van der Waals surface area contributed by atoms with E-state index in [1.807, 2.05) is 46.4 Å². The summed E-state index contributed by atoms with van der Waals surface area (Å²) in [5.74, 6) is 0.433. The second-order valence-electron chi connectivity index (χ2n) is 5.32. The summed E-state index contributed by atoms with van der Waals surface area (Å²) in [6, 6.07) is 0. The Morgan fingerprint density at radius 3 is 2.00 bits per heavy atom. The highest BCUT2D eigenvalue weighted by Gasteiger charge is 2.14. The fraction of sp³-hybridized carbons (Fsp3) is 0.800. The molecule has 0 heterocycles. The number of nitrogens with zero attached hydrogens (tertiary/aromatic N) is 1. The summed E-state index contributed by atoms with van der Waals surface area (Å²) >= 11 is 0. The first-order chi connectivity index (χ1) is 8.33. The van der Waals surface area contributed by atoms with Crippen molar-refractivity contribution < 1.29 is 9.90 Å². The molecule has 0 bridgehead atoms. The number of hydrogen-bond donors (Lipinski definition) is 1. The molecule has 0 rings (SSSR count). The Morgan fingerprint density at radius 2 is 1.61 bits per heavy atom. The number of carbonyl (C=O) groups excluding carboxylic acids is 1. The van der Waals surface area contributed by atoms with E-state index in [9.17, 15) is 9.90 Å². The molecule has 1 N–H and O–H groups in total. The van der Waals surface area contributed by atoms with Gasteiger partial charge in [-0.05, 0) is 40.0 Å². The summed E-state index contributed by atoms with van der Waals surface area (Å²) in [6.07, 6.45) is 0.816. The van der Waals surface area contributed by atoms with Crippen molar-refractivity contribution in [1.29, 1.82) is 0 Å². The molecule has 0 radical (unpaired) electrons. The molecular formula is C15H29NO2. The van der Waals surface area contributed by atoms with Crippen LogP contribution in [0.3, 0.4) is 0 Å². The summed E-state index contributed by atoms with van der Waals surface area (Å²) < 4.78 is 0. The van der Waals surface area contributed by atoms with Gasteiger partial charge in [-0.15, -0.1) is 0 Å². The molecule has 3 heteroatoms. The van der Waals surface area contributed by atoms with Crippen molar-refractivity contribution in [2.45, 2.75) is 60.5 Å². The third-order valence-electron chi connectivity index (χ3n) is 3.55. The van der Waals surface area contributed by atoms with Gasteiger partial charge in [0.2, 0.25) is 5.91 Å². The van der Waals surface area contributed by atoms with Crippen LogP contribution in [0.2, 0.25) is 0 Å². The van der Waals surface area contributed by atoms with Gasteiger partial charge in [-0.2, -0.15) is 0 Å². The number of carbonyl (C=O) groups is 1. The largest absolute Gasteiger partial charge is 0.393 e. The molecule has 1 amide bonds. The number of hydrogen-bond acceptors (Lipinski definition) is 2. The van der Waals surface area contributed by atoms with Crippen LogP contribution in [-0.4, -0.2) is 35.1 Å². The standard InChI is InChI=1S/C15H29NO2/c1-7-16(8-2)15(18)10-13(6)12(5)9-14(17)11(3)4/h11,14,17H,7-10H2,1-6H3/b13-12+. The summed E-state index contributed by atoms with van der Waals surface area (Å²) in [6.45, 7) is 13.5. The molecule has 0 saturated heterocycles. The molecular weight excluding hydrogens is 226 g/mol. The summed E-state index contributed by atoms with van der Waals surface area (Å²) in [7, 11) is 0. The van der Waals surface area contributed by atoms with Crippen LogP contribution in [0, 0.1) is 5.92 Å². The fourth-order valence-corrected chi connectivity index (χ4v) is 1.79. The topological polar surface area (TPSA) is 40.5 Å². The Bertz CT molecular complexity index is 291. The van der Waals surface area contributed by atoms with E-state index < -0.39 is 0 Å². The summed E-state index contributed by atoms with van der Waals surface area (Å²) in [5.41, 5.74) is 2.23. The highest BCUT2D eigenvalue weighted by molar-refractivity contribution is 5.78. The molecule has 0 saturated carbocycles. The monoisotopic (exact) mass is 255 g/mol. The van der Waals surface area contributed by atoms with Crippen molar-refractivity contribution in [3.05, 3.63) is 11.1 Å². The van der Waals surface area contributed by atoms with E-state index in [1.54, 1.807) is 0 Å². The average molecular weight is 255 g/mol. The van der Waals surface area contributed by atoms with Gasteiger partial charge in [-0.3, -0.25) is 4.79 Å². The van der Waals surface area contributed by atoms with Crippen LogP contribution in [0.5, 0.6) is 0 Å². The van der Waals surface area contributed by atoms with Gasteiger partial charge in [0.25, 0.3) is 0 Å². The van der Waals surface area contributed by atoms with Crippen LogP contribution < -0.4 is 0 Å². The van der Waals surface area contributed by atoms with E-state index in [-0.39, 0.29) is 17.9 Å². The van der Waals surface area contributed by atoms with Gasteiger partial charge >= 0.3 is 0 Å². The van der Waals surface area contributed by atoms with E-state index in [2.05, 4.69) is 0 Å². The highest BCUT2D eigenvalue weighted by atomic mass is 16.3. The molecule has 1 atom stereocenters. The maximum atomic E-state index is 12.0. The molecule has 0 aliphatic rings. The maximum Gasteiger partial charge on any atom is 0.226 e. The van der Waals surface area contributed by atoms with Crippen LogP contribution in [0.1, 0.15) is 54.4 Å². The zero-order chi connectivity index (χ0) is 14.3. The van der Waals surface area contributed by atoms with Gasteiger partial charge in [0, 0.05) is 19.5 Å².